The van der Waals surface area contributed by atoms with Gasteiger partial charge in [0.05, 0.1) is 6.04 Å². The Bertz CT molecular complexity index is 911. The van der Waals surface area contributed by atoms with Crippen molar-refractivity contribution in [3.63, 3.8) is 0 Å². The summed E-state index contributed by atoms with van der Waals surface area (Å²) >= 11 is 0. The van der Waals surface area contributed by atoms with Gasteiger partial charge >= 0.3 is 0 Å². The topological polar surface area (TPSA) is 41.1 Å². The number of aryl methyl sites for hydroxylation is 1. The number of carbonyl (C=O) groups excluding carboxylic acids is 1. The minimum absolute atomic E-state index is 0.167. The van der Waals surface area contributed by atoms with Gasteiger partial charge in [-0.2, -0.15) is 0 Å². The van der Waals surface area contributed by atoms with Crippen LogP contribution in [0.4, 0.5) is 11.4 Å². The van der Waals surface area contributed by atoms with Crippen molar-refractivity contribution in [1.82, 2.24) is 0 Å². The van der Waals surface area contributed by atoms with Crippen molar-refractivity contribution in [3.05, 3.63) is 58.7 Å². The number of amides is 1. The third-order valence-electron chi connectivity index (χ3n) is 7.88. The second kappa shape index (κ2) is 10.6. The lowest BCUT2D eigenvalue weighted by molar-refractivity contribution is -0.116. The number of benzene rings is 2. The van der Waals surface area contributed by atoms with Crippen LogP contribution in [0, 0.1) is 25.7 Å². The molecule has 1 amide bonds. The summed E-state index contributed by atoms with van der Waals surface area (Å²) in [5, 5.41) is 7.00. The highest BCUT2D eigenvalue weighted by molar-refractivity contribution is 5.91. The van der Waals surface area contributed by atoms with Gasteiger partial charge in [0, 0.05) is 17.8 Å². The first-order valence-corrected chi connectivity index (χ1v) is 12.8. The van der Waals surface area contributed by atoms with Crippen molar-refractivity contribution in [2.45, 2.75) is 91.0 Å². The third kappa shape index (κ3) is 5.54. The fourth-order valence-electron chi connectivity index (χ4n) is 5.71. The molecular weight excluding hydrogens is 392 g/mol. The van der Waals surface area contributed by atoms with E-state index in [2.05, 4.69) is 67.8 Å². The molecule has 0 heterocycles. The van der Waals surface area contributed by atoms with Gasteiger partial charge in [0.1, 0.15) is 0 Å². The van der Waals surface area contributed by atoms with Gasteiger partial charge < -0.3 is 10.6 Å². The summed E-state index contributed by atoms with van der Waals surface area (Å²) in [7, 11) is 0. The predicted octanol–water partition coefficient (Wildman–Crippen LogP) is 7.73. The molecule has 2 aliphatic rings. The number of nitrogens with one attached hydrogen (secondary N) is 2. The van der Waals surface area contributed by atoms with E-state index in [9.17, 15) is 4.79 Å². The van der Waals surface area contributed by atoms with Gasteiger partial charge in [0.15, 0.2) is 0 Å². The van der Waals surface area contributed by atoms with E-state index >= 15 is 0 Å². The highest BCUT2D eigenvalue weighted by atomic mass is 16.1. The van der Waals surface area contributed by atoms with E-state index in [-0.39, 0.29) is 5.91 Å². The number of fused-ring (bicyclic) bond motifs is 1. The van der Waals surface area contributed by atoms with Crippen LogP contribution in [0.3, 0.4) is 0 Å². The van der Waals surface area contributed by atoms with Crippen LogP contribution in [0.1, 0.15) is 93.0 Å². The SMILES string of the molecule is Cc1ccc(NC2CCCCc3c2ccc(NC(=O)CCC(C)C2CCCC2)c3C)cc1. The molecule has 0 radical (unpaired) electrons. The second-order valence-corrected chi connectivity index (χ2v) is 10.2. The lowest BCUT2D eigenvalue weighted by Crippen LogP contribution is -2.17. The number of hydrogen-bond acceptors (Lipinski definition) is 2. The maximum atomic E-state index is 12.7. The predicted molar refractivity (Wildman–Crippen MR) is 135 cm³/mol. The van der Waals surface area contributed by atoms with Crippen molar-refractivity contribution < 1.29 is 4.79 Å². The average molecular weight is 433 g/mol. The molecule has 2 aliphatic carbocycles. The molecule has 4 rings (SSSR count). The van der Waals surface area contributed by atoms with E-state index in [1.807, 2.05) is 0 Å². The van der Waals surface area contributed by atoms with Gasteiger partial charge in [-0.1, -0.05) is 62.8 Å². The Labute approximate surface area is 194 Å². The fourth-order valence-corrected chi connectivity index (χ4v) is 5.71. The molecule has 2 aromatic carbocycles. The quantitative estimate of drug-likeness (QED) is 0.440. The van der Waals surface area contributed by atoms with Crippen LogP contribution in [0.25, 0.3) is 0 Å². The Morgan fingerprint density at radius 1 is 0.969 bits per heavy atom. The summed E-state index contributed by atoms with van der Waals surface area (Å²) < 4.78 is 0. The highest BCUT2D eigenvalue weighted by Crippen LogP contribution is 2.36. The summed E-state index contributed by atoms with van der Waals surface area (Å²) in [4.78, 5) is 12.7. The maximum absolute atomic E-state index is 12.7. The summed E-state index contributed by atoms with van der Waals surface area (Å²) in [5.41, 5.74) is 7.53. The van der Waals surface area contributed by atoms with Crippen molar-refractivity contribution in [2.75, 3.05) is 10.6 Å². The van der Waals surface area contributed by atoms with Gasteiger partial charge in [-0.05, 0) is 86.3 Å². The Morgan fingerprint density at radius 3 is 2.44 bits per heavy atom. The molecule has 3 nitrogen and oxygen atoms in total. The standard InChI is InChI=1S/C29H40N2O/c1-20-12-15-24(16-13-20)30-28-11-7-6-10-25-22(3)27(18-17-26(25)28)31-29(32)19-14-21(2)23-8-4-5-9-23/h12-13,15-18,21,23,28,30H,4-11,14,19H2,1-3H3,(H,31,32). The Kier molecular flexibility index (Phi) is 7.55. The third-order valence-corrected chi connectivity index (χ3v) is 7.88. The highest BCUT2D eigenvalue weighted by Gasteiger charge is 2.23. The zero-order valence-electron chi connectivity index (χ0n) is 20.2. The molecule has 0 aliphatic heterocycles. The molecule has 0 spiro atoms. The van der Waals surface area contributed by atoms with Crippen LogP contribution < -0.4 is 10.6 Å². The van der Waals surface area contributed by atoms with Crippen LogP contribution in [0.15, 0.2) is 36.4 Å². The van der Waals surface area contributed by atoms with Crippen LogP contribution >= 0.6 is 0 Å². The van der Waals surface area contributed by atoms with Gasteiger partial charge in [0.2, 0.25) is 5.91 Å². The van der Waals surface area contributed by atoms with Crippen molar-refractivity contribution >= 4 is 17.3 Å². The van der Waals surface area contributed by atoms with Crippen molar-refractivity contribution in [1.29, 1.82) is 0 Å². The van der Waals surface area contributed by atoms with Crippen molar-refractivity contribution in [3.8, 4) is 0 Å². The first-order chi connectivity index (χ1) is 15.5. The smallest absolute Gasteiger partial charge is 0.224 e. The van der Waals surface area contributed by atoms with Gasteiger partial charge in [0.25, 0.3) is 0 Å². The van der Waals surface area contributed by atoms with E-state index in [1.165, 1.54) is 66.5 Å². The number of carbonyl (C=O) groups is 1. The van der Waals surface area contributed by atoms with Gasteiger partial charge in [-0.3, -0.25) is 4.79 Å². The molecule has 2 unspecified atom stereocenters. The van der Waals surface area contributed by atoms with Gasteiger partial charge in [-0.25, -0.2) is 0 Å². The molecule has 0 saturated heterocycles. The normalized spacial score (nSPS) is 19.8. The van der Waals surface area contributed by atoms with E-state index in [0.29, 0.717) is 18.4 Å². The molecule has 1 saturated carbocycles. The van der Waals surface area contributed by atoms with E-state index in [0.717, 1.165) is 30.9 Å². The fraction of sp³-hybridized carbons (Fsp3) is 0.552. The Morgan fingerprint density at radius 2 is 1.69 bits per heavy atom. The monoisotopic (exact) mass is 432 g/mol. The first kappa shape index (κ1) is 22.9. The maximum Gasteiger partial charge on any atom is 0.224 e. The van der Waals surface area contributed by atoms with Crippen molar-refractivity contribution in [2.24, 2.45) is 11.8 Å². The molecule has 2 atom stereocenters. The Hall–Kier alpha value is -2.29. The van der Waals surface area contributed by atoms with Crippen LogP contribution in [0.5, 0.6) is 0 Å². The van der Waals surface area contributed by atoms with Gasteiger partial charge in [-0.15, -0.1) is 0 Å². The number of rotatable bonds is 7. The van der Waals surface area contributed by atoms with E-state index < -0.39 is 0 Å². The summed E-state index contributed by atoms with van der Waals surface area (Å²) in [5.74, 6) is 1.65. The minimum Gasteiger partial charge on any atom is -0.378 e. The Balaban J connectivity index is 1.43. The molecule has 0 aromatic heterocycles. The first-order valence-electron chi connectivity index (χ1n) is 12.8. The molecule has 32 heavy (non-hydrogen) atoms. The zero-order chi connectivity index (χ0) is 22.5. The largest absolute Gasteiger partial charge is 0.378 e. The number of hydrogen-bond donors (Lipinski definition) is 2. The van der Waals surface area contributed by atoms with Crippen LogP contribution in [-0.4, -0.2) is 5.91 Å². The molecule has 1 fully saturated rings. The lowest BCUT2D eigenvalue weighted by Gasteiger charge is -2.23. The molecule has 0 bridgehead atoms. The van der Waals surface area contributed by atoms with Crippen LogP contribution in [0.2, 0.25) is 0 Å². The molecule has 2 aromatic rings. The van der Waals surface area contributed by atoms with Crippen LogP contribution in [-0.2, 0) is 11.2 Å². The second-order valence-electron chi connectivity index (χ2n) is 10.2. The summed E-state index contributed by atoms with van der Waals surface area (Å²) in [6.45, 7) is 6.64. The van der Waals surface area contributed by atoms with E-state index in [4.69, 9.17) is 0 Å². The molecule has 3 heteroatoms. The minimum atomic E-state index is 0.167. The molecule has 2 N–H and O–H groups in total. The molecular formula is C29H40N2O. The van der Waals surface area contributed by atoms with E-state index in [1.54, 1.807) is 0 Å². The zero-order valence-corrected chi connectivity index (χ0v) is 20.2. The summed E-state index contributed by atoms with van der Waals surface area (Å²) in [6, 6.07) is 13.4. The average Bonchev–Trinajstić information content (AvgIpc) is 3.25. The summed E-state index contributed by atoms with van der Waals surface area (Å²) in [6.07, 6.45) is 11.7. The molecule has 172 valence electrons. The number of anilines is 2. The lowest BCUT2D eigenvalue weighted by atomic mass is 9.88.